The first-order valence-corrected chi connectivity index (χ1v) is 10.1. The molecule has 1 aliphatic heterocycles. The van der Waals surface area contributed by atoms with E-state index in [1.807, 2.05) is 13.0 Å². The lowest BCUT2D eigenvalue weighted by Crippen LogP contribution is -2.35. The van der Waals surface area contributed by atoms with Crippen molar-refractivity contribution in [1.82, 2.24) is 5.43 Å². The van der Waals surface area contributed by atoms with E-state index in [9.17, 15) is 14.7 Å². The van der Waals surface area contributed by atoms with Gasteiger partial charge in [-0.05, 0) is 43.7 Å². The van der Waals surface area contributed by atoms with Crippen molar-refractivity contribution in [2.24, 2.45) is 0 Å². The van der Waals surface area contributed by atoms with Gasteiger partial charge >= 0.3 is 0 Å². The molecule has 3 rings (SSSR count). The molecule has 3 N–H and O–H groups in total. The Balaban J connectivity index is 1.96. The van der Waals surface area contributed by atoms with E-state index >= 15 is 0 Å². The molecule has 31 heavy (non-hydrogen) atoms. The number of carbonyl (C=O) groups excluding carboxylic acids is 2. The average molecular weight is 426 g/mol. The van der Waals surface area contributed by atoms with E-state index < -0.39 is 24.5 Å². The molecule has 0 aromatic heterocycles. The highest BCUT2D eigenvalue weighted by Crippen LogP contribution is 2.34. The smallest absolute Gasteiger partial charge is 0.282 e. The zero-order valence-corrected chi connectivity index (χ0v) is 17.5. The van der Waals surface area contributed by atoms with Gasteiger partial charge in [-0.2, -0.15) is 0 Å². The Morgan fingerprint density at radius 1 is 1.13 bits per heavy atom. The minimum atomic E-state index is -1.06. The Labute approximate surface area is 180 Å². The second kappa shape index (κ2) is 10.1. The third-order valence-electron chi connectivity index (χ3n) is 4.68. The van der Waals surface area contributed by atoms with Crippen molar-refractivity contribution >= 4 is 23.6 Å². The van der Waals surface area contributed by atoms with Crippen LogP contribution in [0.3, 0.4) is 0 Å². The molecule has 8 heteroatoms. The van der Waals surface area contributed by atoms with Gasteiger partial charge in [-0.3, -0.25) is 15.0 Å². The Bertz CT molecular complexity index is 974. The first kappa shape index (κ1) is 22.3. The van der Waals surface area contributed by atoms with E-state index in [0.29, 0.717) is 34.9 Å². The normalized spacial score (nSPS) is 15.9. The molecule has 0 radical (unpaired) electrons. The average Bonchev–Trinajstić information content (AvgIpc) is 3.06. The second-order valence-electron chi connectivity index (χ2n) is 7.08. The van der Waals surface area contributed by atoms with E-state index in [1.54, 1.807) is 43.3 Å². The summed E-state index contributed by atoms with van der Waals surface area (Å²) < 4.78 is 11.5. The lowest BCUT2D eigenvalue weighted by atomic mass is 10.0. The van der Waals surface area contributed by atoms with Gasteiger partial charge in [-0.1, -0.05) is 25.1 Å². The van der Waals surface area contributed by atoms with Crippen LogP contribution in [-0.4, -0.2) is 48.0 Å². The molecule has 2 aromatic rings. The van der Waals surface area contributed by atoms with Crippen LogP contribution >= 0.6 is 0 Å². The molecule has 1 heterocycles. The summed E-state index contributed by atoms with van der Waals surface area (Å²) in [7, 11) is 0. The van der Waals surface area contributed by atoms with Crippen molar-refractivity contribution in [2.75, 3.05) is 24.8 Å². The van der Waals surface area contributed by atoms with Crippen molar-refractivity contribution in [1.29, 1.82) is 0 Å². The summed E-state index contributed by atoms with van der Waals surface area (Å²) in [5.41, 5.74) is 4.22. The number of anilines is 1. The van der Waals surface area contributed by atoms with Crippen LogP contribution < -0.4 is 19.9 Å². The first-order valence-electron chi connectivity index (χ1n) is 10.1. The van der Waals surface area contributed by atoms with Crippen LogP contribution in [0, 0.1) is 6.92 Å². The van der Waals surface area contributed by atoms with Crippen LogP contribution in [0.15, 0.2) is 48.0 Å². The van der Waals surface area contributed by atoms with E-state index in [-0.39, 0.29) is 12.2 Å². The lowest BCUT2D eigenvalue weighted by molar-refractivity contribution is -0.117. The molecule has 1 saturated heterocycles. The number of rotatable bonds is 9. The molecule has 164 valence electrons. The summed E-state index contributed by atoms with van der Waals surface area (Å²) in [6.45, 7) is 3.70. The van der Waals surface area contributed by atoms with E-state index in [0.717, 1.165) is 6.42 Å². The summed E-state index contributed by atoms with van der Waals surface area (Å²) in [5.74, 6) is -0.0429. The Hall–Kier alpha value is -3.36. The van der Waals surface area contributed by atoms with Crippen LogP contribution in [0.5, 0.6) is 11.5 Å². The summed E-state index contributed by atoms with van der Waals surface area (Å²) in [5, 5.41) is 20.0. The maximum absolute atomic E-state index is 12.9. The molecule has 1 fully saturated rings. The van der Waals surface area contributed by atoms with E-state index in [4.69, 9.17) is 14.6 Å². The van der Waals surface area contributed by atoms with Gasteiger partial charge < -0.3 is 19.7 Å². The molecule has 0 saturated carbocycles. The van der Waals surface area contributed by atoms with Gasteiger partial charge in [-0.15, -0.1) is 0 Å². The van der Waals surface area contributed by atoms with Crippen molar-refractivity contribution in [3.8, 4) is 11.5 Å². The number of aliphatic hydroxyl groups excluding tert-OH is 2. The molecule has 0 unspecified atom stereocenters. The highest BCUT2D eigenvalue weighted by atomic mass is 16.5. The minimum Gasteiger partial charge on any atom is -0.493 e. The Kier molecular flexibility index (Phi) is 7.28. The molecule has 0 aliphatic carbocycles. The number of carbonyl (C=O) groups is 2. The topological polar surface area (TPSA) is 108 Å². The zero-order chi connectivity index (χ0) is 22.4. The number of nitrogens with zero attached hydrogens (tertiary/aromatic N) is 1. The predicted molar refractivity (Wildman–Crippen MR) is 116 cm³/mol. The van der Waals surface area contributed by atoms with Gasteiger partial charge in [0.2, 0.25) is 0 Å². The first-order chi connectivity index (χ1) is 15.0. The summed E-state index contributed by atoms with van der Waals surface area (Å²) in [6, 6.07) is 12.2. The predicted octanol–water partition coefficient (Wildman–Crippen LogP) is 1.98. The number of benzene rings is 2. The number of hydrazine groups is 1. The second-order valence-corrected chi connectivity index (χ2v) is 7.08. The van der Waals surface area contributed by atoms with Crippen molar-refractivity contribution in [2.45, 2.75) is 26.4 Å². The number of aliphatic hydroxyl groups is 2. The fourth-order valence-corrected chi connectivity index (χ4v) is 3.07. The molecular formula is C23H26N2O6. The minimum absolute atomic E-state index is 0.0435. The lowest BCUT2D eigenvalue weighted by Gasteiger charge is -2.17. The summed E-state index contributed by atoms with van der Waals surface area (Å²) >= 11 is 0. The SMILES string of the molecule is CCCOc1ccc(C=C2C(=O)NN(c3ccccc3)C2=O)c(OC[C@H](O)CO)c1C. The molecule has 2 aromatic carbocycles. The number of hydrogen-bond donors (Lipinski definition) is 3. The van der Waals surface area contributed by atoms with Gasteiger partial charge in [0, 0.05) is 11.1 Å². The number of para-hydroxylation sites is 1. The molecule has 1 atom stereocenters. The molecule has 0 spiro atoms. The maximum Gasteiger partial charge on any atom is 0.282 e. The van der Waals surface area contributed by atoms with Crippen LogP contribution in [0.1, 0.15) is 24.5 Å². The molecule has 2 amide bonds. The van der Waals surface area contributed by atoms with E-state index in [1.165, 1.54) is 11.1 Å². The standard InChI is InChI=1S/C23H26N2O6/c1-3-11-30-20-10-9-16(21(15(20)2)31-14-18(27)13-26)12-19-22(28)24-25(23(19)29)17-7-5-4-6-8-17/h4-10,12,18,26-27H,3,11,13-14H2,1-2H3,(H,24,28)/t18-/m1/s1. The van der Waals surface area contributed by atoms with Gasteiger partial charge in [0.25, 0.3) is 11.8 Å². The third kappa shape index (κ3) is 5.04. The fraction of sp³-hybridized carbons (Fsp3) is 0.304. The zero-order valence-electron chi connectivity index (χ0n) is 17.5. The molecule has 0 bridgehead atoms. The van der Waals surface area contributed by atoms with Crippen LogP contribution in [0.2, 0.25) is 0 Å². The number of ether oxygens (including phenoxy) is 2. The highest BCUT2D eigenvalue weighted by molar-refractivity contribution is 6.31. The van der Waals surface area contributed by atoms with Crippen LogP contribution in [0.4, 0.5) is 5.69 Å². The molecular weight excluding hydrogens is 400 g/mol. The largest absolute Gasteiger partial charge is 0.493 e. The number of hydrogen-bond acceptors (Lipinski definition) is 6. The number of nitrogens with one attached hydrogen (secondary N) is 1. The monoisotopic (exact) mass is 426 g/mol. The Morgan fingerprint density at radius 3 is 2.55 bits per heavy atom. The summed E-state index contributed by atoms with van der Waals surface area (Å²) in [4.78, 5) is 25.4. The van der Waals surface area contributed by atoms with Crippen molar-refractivity contribution in [3.05, 3.63) is 59.2 Å². The van der Waals surface area contributed by atoms with Crippen LogP contribution in [-0.2, 0) is 9.59 Å². The van der Waals surface area contributed by atoms with Gasteiger partial charge in [0.05, 0.1) is 18.9 Å². The quantitative estimate of drug-likeness (QED) is 0.418. The van der Waals surface area contributed by atoms with Crippen molar-refractivity contribution < 1.29 is 29.3 Å². The fourth-order valence-electron chi connectivity index (χ4n) is 3.07. The van der Waals surface area contributed by atoms with Crippen molar-refractivity contribution in [3.63, 3.8) is 0 Å². The van der Waals surface area contributed by atoms with Gasteiger partial charge in [0.15, 0.2) is 0 Å². The van der Waals surface area contributed by atoms with E-state index in [2.05, 4.69) is 5.43 Å². The third-order valence-corrected chi connectivity index (χ3v) is 4.68. The molecule has 8 nitrogen and oxygen atoms in total. The highest BCUT2D eigenvalue weighted by Gasteiger charge is 2.34. The van der Waals surface area contributed by atoms with Gasteiger partial charge in [0.1, 0.15) is 29.8 Å². The molecule has 1 aliphatic rings. The Morgan fingerprint density at radius 2 is 1.87 bits per heavy atom. The van der Waals surface area contributed by atoms with Crippen LogP contribution in [0.25, 0.3) is 6.08 Å². The van der Waals surface area contributed by atoms with Gasteiger partial charge in [-0.25, -0.2) is 5.01 Å². The summed E-state index contributed by atoms with van der Waals surface area (Å²) in [6.07, 6.45) is 1.22. The number of amides is 2. The maximum atomic E-state index is 12.9.